The lowest BCUT2D eigenvalue weighted by molar-refractivity contribution is -0.139. The zero-order valence-corrected chi connectivity index (χ0v) is 24.0. The highest BCUT2D eigenvalue weighted by Gasteiger charge is 2.38. The fraction of sp³-hybridized carbons (Fsp3) is 0.333. The Bertz CT molecular complexity index is 1580. The summed E-state index contributed by atoms with van der Waals surface area (Å²) in [6.45, 7) is 2.57. The molecule has 3 aromatic rings. The summed E-state index contributed by atoms with van der Waals surface area (Å²) in [5.74, 6) is -3.80. The first-order valence-electron chi connectivity index (χ1n) is 12.9. The molecule has 5 rings (SSSR count). The van der Waals surface area contributed by atoms with Gasteiger partial charge in [0.2, 0.25) is 11.8 Å². The number of carbonyl (C=O) groups is 2. The van der Waals surface area contributed by atoms with E-state index in [2.05, 4.69) is 25.3 Å². The average Bonchev–Trinajstić information content (AvgIpc) is 3.54. The van der Waals surface area contributed by atoms with Crippen LogP contribution in [0.1, 0.15) is 46.9 Å². The molecule has 0 bridgehead atoms. The van der Waals surface area contributed by atoms with Gasteiger partial charge in [0.05, 0.1) is 24.3 Å². The van der Waals surface area contributed by atoms with Gasteiger partial charge in [0.25, 0.3) is 0 Å². The number of carboxylic acid groups (broad SMARTS) is 1. The third kappa shape index (κ3) is 5.77. The van der Waals surface area contributed by atoms with Crippen LogP contribution in [0.2, 0.25) is 5.02 Å². The first-order valence-corrected chi connectivity index (χ1v) is 14.2. The first kappa shape index (κ1) is 29.3. The van der Waals surface area contributed by atoms with Gasteiger partial charge in [-0.25, -0.2) is 28.3 Å². The summed E-state index contributed by atoms with van der Waals surface area (Å²) in [6.07, 6.45) is 2.60. The number of allylic oxidation sites excluding steroid dienone is 1. The molecular weight excluding hydrogens is 594 g/mol. The zero-order valence-electron chi connectivity index (χ0n) is 22.4. The Morgan fingerprint density at radius 1 is 1.24 bits per heavy atom. The van der Waals surface area contributed by atoms with Crippen molar-refractivity contribution < 1.29 is 33.0 Å². The van der Waals surface area contributed by atoms with E-state index in [0.717, 1.165) is 6.07 Å². The molecule has 2 aliphatic rings. The van der Waals surface area contributed by atoms with E-state index in [0.29, 0.717) is 42.5 Å². The van der Waals surface area contributed by atoms with Gasteiger partial charge < -0.3 is 24.8 Å². The summed E-state index contributed by atoms with van der Waals surface area (Å²) in [6, 6.07) is 2.39. The summed E-state index contributed by atoms with van der Waals surface area (Å²) >= 11 is 7.58. The summed E-state index contributed by atoms with van der Waals surface area (Å²) in [5.41, 5.74) is 0.553. The summed E-state index contributed by atoms with van der Waals surface area (Å²) in [4.78, 5) is 44.3. The van der Waals surface area contributed by atoms with Crippen LogP contribution in [-0.4, -0.2) is 64.6 Å². The molecule has 15 heteroatoms. The molecule has 0 aliphatic carbocycles. The van der Waals surface area contributed by atoms with Gasteiger partial charge in [0.1, 0.15) is 6.04 Å². The fourth-order valence-electron chi connectivity index (χ4n) is 4.88. The Kier molecular flexibility index (Phi) is 8.64. The molecule has 2 aliphatic heterocycles. The number of nitrogens with zero attached hydrogens (tertiary/aromatic N) is 5. The molecule has 4 heterocycles. The maximum Gasteiger partial charge on any atom is 0.354 e. The van der Waals surface area contributed by atoms with Gasteiger partial charge in [0, 0.05) is 47.9 Å². The Hall–Kier alpha value is -4.17. The van der Waals surface area contributed by atoms with E-state index in [1.54, 1.807) is 18.5 Å². The van der Waals surface area contributed by atoms with Crippen LogP contribution in [0, 0.1) is 17.6 Å². The largest absolute Gasteiger partial charge is 0.481 e. The molecule has 2 N–H and O–H groups in total. The van der Waals surface area contributed by atoms with Crippen LogP contribution in [0.25, 0.3) is 0 Å². The third-order valence-electron chi connectivity index (χ3n) is 6.87. The van der Waals surface area contributed by atoms with E-state index in [-0.39, 0.29) is 41.2 Å². The molecule has 1 fully saturated rings. The van der Waals surface area contributed by atoms with Crippen molar-refractivity contribution >= 4 is 46.7 Å². The second-order valence-corrected chi connectivity index (χ2v) is 10.6. The zero-order chi connectivity index (χ0) is 30.0. The van der Waals surface area contributed by atoms with Crippen LogP contribution in [0.4, 0.5) is 14.7 Å². The quantitative estimate of drug-likeness (QED) is 0.276. The summed E-state index contributed by atoms with van der Waals surface area (Å²) in [5, 5.41) is 14.5. The number of amidine groups is 1. The van der Waals surface area contributed by atoms with E-state index >= 15 is 0 Å². The van der Waals surface area contributed by atoms with Crippen molar-refractivity contribution in [1.82, 2.24) is 20.3 Å². The molecular formula is C27H25ClF2N6O5S. The van der Waals surface area contributed by atoms with Crippen molar-refractivity contribution in [2.75, 3.05) is 31.7 Å². The minimum atomic E-state index is -1.24. The third-order valence-corrected chi connectivity index (χ3v) is 8.03. The Morgan fingerprint density at radius 3 is 2.64 bits per heavy atom. The molecule has 0 saturated carbocycles. The number of hydrogen-bond donors (Lipinski definition) is 2. The number of nitrogens with one attached hydrogen (secondary N) is 1. The number of piperidine rings is 1. The SMILES string of the molecule is CCOC(=O)C1=C(C2CCN(c3nc(OC)cc(C(=O)O)n3)CC2)NC(c2nccs2)=NC1c1ccc(F)c(F)c1Cl. The predicted octanol–water partition coefficient (Wildman–Crippen LogP) is 4.40. The van der Waals surface area contributed by atoms with Gasteiger partial charge >= 0.3 is 11.9 Å². The van der Waals surface area contributed by atoms with E-state index in [1.807, 2.05) is 4.90 Å². The number of benzene rings is 1. The number of halogens is 3. The molecule has 1 aromatic carbocycles. The molecule has 0 spiro atoms. The Morgan fingerprint density at radius 2 is 2.00 bits per heavy atom. The number of carbonyl (C=O) groups excluding carboxylic acids is 1. The molecule has 0 amide bonds. The summed E-state index contributed by atoms with van der Waals surface area (Å²) in [7, 11) is 1.39. The van der Waals surface area contributed by atoms with E-state index in [1.165, 1.54) is 30.6 Å². The number of aliphatic imine (C=N–C) groups is 1. The standard InChI is InChI=1S/C27H25ClF2N6O5S/c1-3-41-26(39)18-21(13-6-9-36(10-7-13)27-32-16(25(37)38)12-17(33-27)40-2)34-23(24-31-8-11-42-24)35-22(18)14-4-5-15(29)20(30)19(14)28/h4-5,8,11-13,22H,3,6-7,9-10H2,1-2H3,(H,34,35)(H,37,38). The van der Waals surface area contributed by atoms with Gasteiger partial charge in [-0.3, -0.25) is 4.99 Å². The van der Waals surface area contributed by atoms with Crippen molar-refractivity contribution in [3.05, 3.63) is 74.0 Å². The van der Waals surface area contributed by atoms with E-state index in [4.69, 9.17) is 21.1 Å². The molecule has 2 aromatic heterocycles. The van der Waals surface area contributed by atoms with Crippen molar-refractivity contribution in [2.45, 2.75) is 25.8 Å². The molecule has 1 atom stereocenters. The number of rotatable bonds is 8. The maximum atomic E-state index is 14.6. The van der Waals surface area contributed by atoms with Crippen LogP contribution >= 0.6 is 22.9 Å². The summed E-state index contributed by atoms with van der Waals surface area (Å²) < 4.78 is 39.1. The number of thiazole rings is 1. The van der Waals surface area contributed by atoms with Crippen LogP contribution in [0.3, 0.4) is 0 Å². The second-order valence-electron chi connectivity index (χ2n) is 9.32. The van der Waals surface area contributed by atoms with Crippen LogP contribution < -0.4 is 15.0 Å². The van der Waals surface area contributed by atoms with Crippen molar-refractivity contribution in [3.8, 4) is 5.88 Å². The number of esters is 1. The van der Waals surface area contributed by atoms with Crippen LogP contribution in [0.5, 0.6) is 5.88 Å². The average molecular weight is 619 g/mol. The second kappa shape index (κ2) is 12.4. The van der Waals surface area contributed by atoms with Crippen molar-refractivity contribution in [1.29, 1.82) is 0 Å². The number of aromatic nitrogens is 3. The number of methoxy groups -OCH3 is 1. The smallest absolute Gasteiger partial charge is 0.354 e. The fourth-order valence-corrected chi connectivity index (χ4v) is 5.73. The topological polar surface area (TPSA) is 139 Å². The van der Waals surface area contributed by atoms with Crippen molar-refractivity contribution in [3.63, 3.8) is 0 Å². The van der Waals surface area contributed by atoms with Crippen LogP contribution in [0.15, 0.2) is 46.0 Å². The number of anilines is 1. The monoisotopic (exact) mass is 618 g/mol. The number of aromatic carboxylic acids is 1. The predicted molar refractivity (Wildman–Crippen MR) is 150 cm³/mol. The normalized spacial score (nSPS) is 17.5. The van der Waals surface area contributed by atoms with Gasteiger partial charge in [-0.1, -0.05) is 17.7 Å². The highest BCUT2D eigenvalue weighted by Crippen LogP contribution is 2.41. The van der Waals surface area contributed by atoms with E-state index in [9.17, 15) is 23.5 Å². The Labute approximate surface area is 247 Å². The van der Waals surface area contributed by atoms with Gasteiger partial charge in [-0.2, -0.15) is 4.98 Å². The van der Waals surface area contributed by atoms with Gasteiger partial charge in [-0.05, 0) is 25.8 Å². The lowest BCUT2D eigenvalue weighted by Crippen LogP contribution is -2.42. The molecule has 42 heavy (non-hydrogen) atoms. The molecule has 1 saturated heterocycles. The van der Waals surface area contributed by atoms with Crippen molar-refractivity contribution in [2.24, 2.45) is 10.9 Å². The lowest BCUT2D eigenvalue weighted by Gasteiger charge is -2.36. The minimum Gasteiger partial charge on any atom is -0.481 e. The lowest BCUT2D eigenvalue weighted by atomic mass is 9.85. The van der Waals surface area contributed by atoms with Crippen LogP contribution in [-0.2, 0) is 9.53 Å². The molecule has 0 radical (unpaired) electrons. The van der Waals surface area contributed by atoms with E-state index < -0.39 is 34.6 Å². The van der Waals surface area contributed by atoms with Gasteiger partial charge in [-0.15, -0.1) is 11.3 Å². The molecule has 1 unspecified atom stereocenters. The first-order chi connectivity index (χ1) is 20.2. The number of hydrogen-bond acceptors (Lipinski definition) is 11. The minimum absolute atomic E-state index is 0.0778. The number of ether oxygens (including phenoxy) is 2. The molecule has 220 valence electrons. The highest BCUT2D eigenvalue weighted by molar-refractivity contribution is 7.11. The molecule has 11 nitrogen and oxygen atoms in total. The maximum absolute atomic E-state index is 14.6. The highest BCUT2D eigenvalue weighted by atomic mass is 35.5. The van der Waals surface area contributed by atoms with Gasteiger partial charge in [0.15, 0.2) is 28.2 Å². The Balaban J connectivity index is 1.54. The number of carboxylic acids is 1.